The van der Waals surface area contributed by atoms with Gasteiger partial charge in [0.2, 0.25) is 5.91 Å². The zero-order valence-electron chi connectivity index (χ0n) is 12.8. The quantitative estimate of drug-likeness (QED) is 0.666. The molecule has 0 aromatic heterocycles. The molecule has 0 aliphatic heterocycles. The van der Waals surface area contributed by atoms with Gasteiger partial charge >= 0.3 is 0 Å². The number of amides is 1. The fourth-order valence-electron chi connectivity index (χ4n) is 2.09. The van der Waals surface area contributed by atoms with Crippen molar-refractivity contribution in [2.45, 2.75) is 20.3 Å². The highest BCUT2D eigenvalue weighted by atomic mass is 16.1. The van der Waals surface area contributed by atoms with E-state index in [1.54, 1.807) is 36.4 Å². The lowest BCUT2D eigenvalue weighted by Crippen LogP contribution is -2.06. The van der Waals surface area contributed by atoms with Crippen molar-refractivity contribution in [3.8, 4) is 0 Å². The molecule has 1 N–H and O–H groups in total. The summed E-state index contributed by atoms with van der Waals surface area (Å²) in [6, 6.07) is 15.0. The minimum atomic E-state index is -0.156. The van der Waals surface area contributed by atoms with Gasteiger partial charge in [-0.25, -0.2) is 0 Å². The highest BCUT2D eigenvalue weighted by molar-refractivity contribution is 6.07. The van der Waals surface area contributed by atoms with E-state index in [-0.39, 0.29) is 11.7 Å². The SMILES string of the molecule is CCc1ccc(/C=C/C(=O)c2cccc(NC(C)=O)c2)cc1. The van der Waals surface area contributed by atoms with Crippen molar-refractivity contribution in [3.05, 3.63) is 71.3 Å². The summed E-state index contributed by atoms with van der Waals surface area (Å²) in [6.07, 6.45) is 4.35. The van der Waals surface area contributed by atoms with Crippen molar-refractivity contribution in [2.75, 3.05) is 5.32 Å². The molecule has 0 heterocycles. The Labute approximate surface area is 130 Å². The van der Waals surface area contributed by atoms with E-state index in [0.29, 0.717) is 11.3 Å². The van der Waals surface area contributed by atoms with E-state index in [0.717, 1.165) is 12.0 Å². The molecule has 112 valence electrons. The van der Waals surface area contributed by atoms with Crippen LogP contribution in [0.5, 0.6) is 0 Å². The van der Waals surface area contributed by atoms with Gasteiger partial charge in [0.1, 0.15) is 0 Å². The third kappa shape index (κ3) is 4.42. The van der Waals surface area contributed by atoms with Crippen LogP contribution in [0.1, 0.15) is 35.3 Å². The van der Waals surface area contributed by atoms with Crippen LogP contribution in [-0.2, 0) is 11.2 Å². The minimum absolute atomic E-state index is 0.0910. The van der Waals surface area contributed by atoms with Gasteiger partial charge in [0.25, 0.3) is 0 Å². The van der Waals surface area contributed by atoms with Crippen LogP contribution in [-0.4, -0.2) is 11.7 Å². The number of carbonyl (C=O) groups excluding carboxylic acids is 2. The number of anilines is 1. The molecule has 0 spiro atoms. The summed E-state index contributed by atoms with van der Waals surface area (Å²) in [5.41, 5.74) is 3.43. The van der Waals surface area contributed by atoms with Gasteiger partial charge in [0.05, 0.1) is 0 Å². The fourth-order valence-corrected chi connectivity index (χ4v) is 2.09. The molecule has 0 radical (unpaired) electrons. The molecule has 0 unspecified atom stereocenters. The zero-order chi connectivity index (χ0) is 15.9. The van der Waals surface area contributed by atoms with Crippen LogP contribution in [0.25, 0.3) is 6.08 Å². The number of ketones is 1. The third-order valence-electron chi connectivity index (χ3n) is 3.28. The lowest BCUT2D eigenvalue weighted by molar-refractivity contribution is -0.114. The van der Waals surface area contributed by atoms with Crippen molar-refractivity contribution >= 4 is 23.5 Å². The molecule has 0 bridgehead atoms. The average molecular weight is 293 g/mol. The fraction of sp³-hybridized carbons (Fsp3) is 0.158. The highest BCUT2D eigenvalue weighted by Crippen LogP contribution is 2.13. The van der Waals surface area contributed by atoms with Crippen LogP contribution in [0.2, 0.25) is 0 Å². The second kappa shape index (κ2) is 7.36. The maximum atomic E-state index is 12.2. The summed E-state index contributed by atoms with van der Waals surface area (Å²) < 4.78 is 0. The predicted molar refractivity (Wildman–Crippen MR) is 89.9 cm³/mol. The summed E-state index contributed by atoms with van der Waals surface area (Å²) >= 11 is 0. The molecule has 0 aliphatic carbocycles. The zero-order valence-corrected chi connectivity index (χ0v) is 12.8. The Morgan fingerprint density at radius 1 is 1.09 bits per heavy atom. The van der Waals surface area contributed by atoms with Crippen LogP contribution < -0.4 is 5.32 Å². The number of benzene rings is 2. The third-order valence-corrected chi connectivity index (χ3v) is 3.28. The van der Waals surface area contributed by atoms with Gasteiger partial charge in [-0.3, -0.25) is 9.59 Å². The summed E-state index contributed by atoms with van der Waals surface area (Å²) in [5, 5.41) is 2.67. The van der Waals surface area contributed by atoms with E-state index in [9.17, 15) is 9.59 Å². The Morgan fingerprint density at radius 2 is 1.82 bits per heavy atom. The Bertz CT molecular complexity index is 700. The van der Waals surface area contributed by atoms with Crippen LogP contribution >= 0.6 is 0 Å². The normalized spacial score (nSPS) is 10.6. The van der Waals surface area contributed by atoms with Crippen LogP contribution in [0, 0.1) is 0 Å². The summed E-state index contributed by atoms with van der Waals surface area (Å²) in [5.74, 6) is -0.247. The summed E-state index contributed by atoms with van der Waals surface area (Å²) in [4.78, 5) is 23.2. The molecule has 1 amide bonds. The summed E-state index contributed by atoms with van der Waals surface area (Å²) in [7, 11) is 0. The number of rotatable bonds is 5. The molecule has 2 aromatic rings. The first-order chi connectivity index (χ1) is 10.6. The van der Waals surface area contributed by atoms with Crippen LogP contribution in [0.15, 0.2) is 54.6 Å². The lowest BCUT2D eigenvalue weighted by Gasteiger charge is -2.03. The van der Waals surface area contributed by atoms with Gasteiger partial charge in [-0.15, -0.1) is 0 Å². The second-order valence-electron chi connectivity index (χ2n) is 5.05. The Hall–Kier alpha value is -2.68. The second-order valence-corrected chi connectivity index (χ2v) is 5.05. The van der Waals surface area contributed by atoms with Gasteiger partial charge in [-0.05, 0) is 35.8 Å². The van der Waals surface area contributed by atoms with E-state index in [2.05, 4.69) is 24.4 Å². The molecule has 22 heavy (non-hydrogen) atoms. The van der Waals surface area contributed by atoms with E-state index in [1.807, 2.05) is 12.1 Å². The van der Waals surface area contributed by atoms with Gasteiger partial charge in [0, 0.05) is 18.2 Å². The number of aryl methyl sites for hydroxylation is 1. The maximum Gasteiger partial charge on any atom is 0.221 e. The topological polar surface area (TPSA) is 46.2 Å². The Morgan fingerprint density at radius 3 is 2.45 bits per heavy atom. The first kappa shape index (κ1) is 15.7. The lowest BCUT2D eigenvalue weighted by atomic mass is 10.1. The predicted octanol–water partition coefficient (Wildman–Crippen LogP) is 4.10. The molecule has 2 rings (SSSR count). The first-order valence-electron chi connectivity index (χ1n) is 7.27. The van der Waals surface area contributed by atoms with E-state index >= 15 is 0 Å². The minimum Gasteiger partial charge on any atom is -0.326 e. The number of hydrogen-bond acceptors (Lipinski definition) is 2. The molecule has 0 saturated carbocycles. The standard InChI is InChI=1S/C19H19NO2/c1-3-15-7-9-16(10-8-15)11-12-19(22)17-5-4-6-18(13-17)20-14(2)21/h4-13H,3H2,1-2H3,(H,20,21)/b12-11+. The van der Waals surface area contributed by atoms with E-state index < -0.39 is 0 Å². The van der Waals surface area contributed by atoms with Crippen molar-refractivity contribution in [3.63, 3.8) is 0 Å². The molecular weight excluding hydrogens is 274 g/mol. The van der Waals surface area contributed by atoms with Crippen molar-refractivity contribution in [1.82, 2.24) is 0 Å². The Balaban J connectivity index is 2.10. The molecule has 0 saturated heterocycles. The maximum absolute atomic E-state index is 12.2. The molecule has 0 atom stereocenters. The molecular formula is C19H19NO2. The van der Waals surface area contributed by atoms with Crippen LogP contribution in [0.4, 0.5) is 5.69 Å². The molecule has 0 aliphatic rings. The number of hydrogen-bond donors (Lipinski definition) is 1. The van der Waals surface area contributed by atoms with Gasteiger partial charge in [-0.2, -0.15) is 0 Å². The number of nitrogens with one attached hydrogen (secondary N) is 1. The van der Waals surface area contributed by atoms with E-state index in [1.165, 1.54) is 12.5 Å². The van der Waals surface area contributed by atoms with Crippen molar-refractivity contribution in [1.29, 1.82) is 0 Å². The molecule has 3 heteroatoms. The van der Waals surface area contributed by atoms with Gasteiger partial charge in [-0.1, -0.05) is 49.4 Å². The largest absolute Gasteiger partial charge is 0.326 e. The molecule has 2 aromatic carbocycles. The van der Waals surface area contributed by atoms with Gasteiger partial charge < -0.3 is 5.32 Å². The summed E-state index contributed by atoms with van der Waals surface area (Å²) in [6.45, 7) is 3.55. The monoisotopic (exact) mass is 293 g/mol. The number of allylic oxidation sites excluding steroid dienone is 1. The van der Waals surface area contributed by atoms with E-state index in [4.69, 9.17) is 0 Å². The van der Waals surface area contributed by atoms with Crippen LogP contribution in [0.3, 0.4) is 0 Å². The van der Waals surface area contributed by atoms with Crippen molar-refractivity contribution in [2.24, 2.45) is 0 Å². The highest BCUT2D eigenvalue weighted by Gasteiger charge is 2.03. The van der Waals surface area contributed by atoms with Crippen molar-refractivity contribution < 1.29 is 9.59 Å². The van der Waals surface area contributed by atoms with Gasteiger partial charge in [0.15, 0.2) is 5.78 Å². The molecule has 0 fully saturated rings. The molecule has 3 nitrogen and oxygen atoms in total. The smallest absolute Gasteiger partial charge is 0.221 e. The first-order valence-corrected chi connectivity index (χ1v) is 7.27. The average Bonchev–Trinajstić information content (AvgIpc) is 2.52. The number of carbonyl (C=O) groups is 2. The Kier molecular flexibility index (Phi) is 5.26.